The molecule has 2 aliphatic rings. The number of carbonyl (C=O) groups is 1. The number of ether oxygens (including phenoxy) is 1. The largest absolute Gasteiger partial charge is 0.444 e. The number of hydrogen-bond donors (Lipinski definition) is 1. The molecule has 0 spiro atoms. The van der Waals surface area contributed by atoms with Crippen LogP contribution in [0, 0.1) is 0 Å². The van der Waals surface area contributed by atoms with Gasteiger partial charge in [-0.3, -0.25) is 4.90 Å². The van der Waals surface area contributed by atoms with Crippen molar-refractivity contribution in [3.63, 3.8) is 0 Å². The molecule has 0 saturated carbocycles. The first-order valence-corrected chi connectivity index (χ1v) is 7.89. The van der Waals surface area contributed by atoms with Gasteiger partial charge in [0.25, 0.3) is 0 Å². The number of hydrogen-bond acceptors (Lipinski definition) is 3. The van der Waals surface area contributed by atoms with Gasteiger partial charge in [0.15, 0.2) is 0 Å². The SMILES string of the molecule is CC(C)(C)OC(=O)N1CC2=C(CNC2)C1Cc1ccccc1. The quantitative estimate of drug-likeness (QED) is 0.854. The van der Waals surface area contributed by atoms with E-state index in [1.54, 1.807) is 0 Å². The number of benzene rings is 1. The highest BCUT2D eigenvalue weighted by atomic mass is 16.6. The van der Waals surface area contributed by atoms with E-state index in [4.69, 9.17) is 4.74 Å². The van der Waals surface area contributed by atoms with Gasteiger partial charge in [-0.15, -0.1) is 0 Å². The Labute approximate surface area is 132 Å². The first kappa shape index (κ1) is 15.1. The molecular weight excluding hydrogens is 276 g/mol. The molecule has 4 nitrogen and oxygen atoms in total. The minimum atomic E-state index is -0.459. The molecule has 1 unspecified atom stereocenters. The molecule has 2 aliphatic heterocycles. The van der Waals surface area contributed by atoms with Gasteiger partial charge in [0, 0.05) is 19.6 Å². The van der Waals surface area contributed by atoms with E-state index < -0.39 is 5.60 Å². The van der Waals surface area contributed by atoms with E-state index >= 15 is 0 Å². The summed E-state index contributed by atoms with van der Waals surface area (Å²) in [5.74, 6) is 0. The van der Waals surface area contributed by atoms with Crippen molar-refractivity contribution >= 4 is 6.09 Å². The lowest BCUT2D eigenvalue weighted by Crippen LogP contribution is -2.44. The van der Waals surface area contributed by atoms with E-state index in [0.717, 1.165) is 19.5 Å². The second-order valence-corrected chi connectivity index (χ2v) is 7.05. The van der Waals surface area contributed by atoms with Crippen LogP contribution in [0.15, 0.2) is 41.5 Å². The van der Waals surface area contributed by atoms with Crippen LogP contribution < -0.4 is 5.32 Å². The highest BCUT2D eigenvalue weighted by Crippen LogP contribution is 2.31. The lowest BCUT2D eigenvalue weighted by atomic mass is 9.99. The summed E-state index contributed by atoms with van der Waals surface area (Å²) in [5.41, 5.74) is 3.52. The summed E-state index contributed by atoms with van der Waals surface area (Å²) in [7, 11) is 0. The van der Waals surface area contributed by atoms with E-state index in [9.17, 15) is 4.79 Å². The van der Waals surface area contributed by atoms with Crippen LogP contribution in [-0.4, -0.2) is 42.3 Å². The Balaban J connectivity index is 1.79. The van der Waals surface area contributed by atoms with Crippen LogP contribution in [0.25, 0.3) is 0 Å². The summed E-state index contributed by atoms with van der Waals surface area (Å²) in [6.07, 6.45) is 0.642. The van der Waals surface area contributed by atoms with Crippen LogP contribution in [0.5, 0.6) is 0 Å². The van der Waals surface area contributed by atoms with Crippen LogP contribution in [-0.2, 0) is 11.2 Å². The van der Waals surface area contributed by atoms with Crippen LogP contribution >= 0.6 is 0 Å². The lowest BCUT2D eigenvalue weighted by molar-refractivity contribution is 0.0231. The maximum Gasteiger partial charge on any atom is 0.411 e. The van der Waals surface area contributed by atoms with E-state index in [1.807, 2.05) is 43.9 Å². The minimum Gasteiger partial charge on any atom is -0.444 e. The summed E-state index contributed by atoms with van der Waals surface area (Å²) >= 11 is 0. The summed E-state index contributed by atoms with van der Waals surface area (Å²) in [4.78, 5) is 14.4. The van der Waals surface area contributed by atoms with E-state index in [0.29, 0.717) is 6.54 Å². The number of nitrogens with zero attached hydrogens (tertiary/aromatic N) is 1. The number of rotatable bonds is 2. The van der Waals surface area contributed by atoms with Gasteiger partial charge in [-0.2, -0.15) is 0 Å². The standard InChI is InChI=1S/C18H24N2O2/c1-18(2,3)22-17(21)20-12-14-10-19-11-15(14)16(20)9-13-7-5-4-6-8-13/h4-8,16,19H,9-12H2,1-3H3. The van der Waals surface area contributed by atoms with Gasteiger partial charge in [0.05, 0.1) is 6.04 Å². The van der Waals surface area contributed by atoms with Crippen molar-refractivity contribution < 1.29 is 9.53 Å². The molecule has 118 valence electrons. The van der Waals surface area contributed by atoms with Crippen molar-refractivity contribution in [1.29, 1.82) is 0 Å². The van der Waals surface area contributed by atoms with Gasteiger partial charge in [-0.25, -0.2) is 4.79 Å². The zero-order valence-electron chi connectivity index (χ0n) is 13.6. The highest BCUT2D eigenvalue weighted by molar-refractivity contribution is 5.71. The third-order valence-corrected chi connectivity index (χ3v) is 4.15. The van der Waals surface area contributed by atoms with Gasteiger partial charge in [0.1, 0.15) is 5.60 Å². The average molecular weight is 300 g/mol. The number of carbonyl (C=O) groups excluding carboxylic acids is 1. The smallest absolute Gasteiger partial charge is 0.411 e. The number of nitrogens with one attached hydrogen (secondary N) is 1. The monoisotopic (exact) mass is 300 g/mol. The molecule has 1 amide bonds. The second kappa shape index (κ2) is 5.76. The fourth-order valence-electron chi connectivity index (χ4n) is 3.18. The molecule has 2 heterocycles. The zero-order valence-corrected chi connectivity index (χ0v) is 13.6. The Morgan fingerprint density at radius 2 is 2.00 bits per heavy atom. The fourth-order valence-corrected chi connectivity index (χ4v) is 3.18. The molecular formula is C18H24N2O2. The third kappa shape index (κ3) is 3.17. The van der Waals surface area contributed by atoms with E-state index in [-0.39, 0.29) is 12.1 Å². The van der Waals surface area contributed by atoms with Crippen LogP contribution in [0.4, 0.5) is 4.79 Å². The molecule has 1 aromatic rings. The third-order valence-electron chi connectivity index (χ3n) is 4.15. The molecule has 0 aromatic heterocycles. The van der Waals surface area contributed by atoms with Crippen molar-refractivity contribution in [3.05, 3.63) is 47.0 Å². The Hall–Kier alpha value is -1.81. The van der Waals surface area contributed by atoms with Crippen LogP contribution in [0.3, 0.4) is 0 Å². The molecule has 0 saturated heterocycles. The normalized spacial score (nSPS) is 21.2. The molecule has 3 rings (SSSR count). The Morgan fingerprint density at radius 1 is 1.27 bits per heavy atom. The van der Waals surface area contributed by atoms with Crippen molar-refractivity contribution in [2.75, 3.05) is 19.6 Å². The van der Waals surface area contributed by atoms with Gasteiger partial charge in [-0.05, 0) is 43.9 Å². The summed E-state index contributed by atoms with van der Waals surface area (Å²) in [5, 5.41) is 3.39. The number of amides is 1. The molecule has 0 aliphatic carbocycles. The molecule has 1 aromatic carbocycles. The fraction of sp³-hybridized carbons (Fsp3) is 0.500. The second-order valence-electron chi connectivity index (χ2n) is 7.05. The van der Waals surface area contributed by atoms with Crippen molar-refractivity contribution in [3.8, 4) is 0 Å². The molecule has 0 radical (unpaired) electrons. The van der Waals surface area contributed by atoms with Gasteiger partial charge in [0.2, 0.25) is 0 Å². The summed E-state index contributed by atoms with van der Waals surface area (Å²) < 4.78 is 5.59. The van der Waals surface area contributed by atoms with Crippen molar-refractivity contribution in [2.24, 2.45) is 0 Å². The van der Waals surface area contributed by atoms with Gasteiger partial charge < -0.3 is 10.1 Å². The van der Waals surface area contributed by atoms with Crippen LogP contribution in [0.1, 0.15) is 26.3 Å². The van der Waals surface area contributed by atoms with E-state index in [1.165, 1.54) is 16.7 Å². The topological polar surface area (TPSA) is 41.6 Å². The van der Waals surface area contributed by atoms with Crippen molar-refractivity contribution in [1.82, 2.24) is 10.2 Å². The van der Waals surface area contributed by atoms with Gasteiger partial charge in [-0.1, -0.05) is 30.3 Å². The maximum absolute atomic E-state index is 12.5. The van der Waals surface area contributed by atoms with E-state index in [2.05, 4.69) is 17.4 Å². The Bertz CT molecular complexity index is 587. The predicted octanol–water partition coefficient (Wildman–Crippen LogP) is 2.75. The highest BCUT2D eigenvalue weighted by Gasteiger charge is 2.39. The Morgan fingerprint density at radius 3 is 2.68 bits per heavy atom. The maximum atomic E-state index is 12.5. The summed E-state index contributed by atoms with van der Waals surface area (Å²) in [6, 6.07) is 10.5. The average Bonchev–Trinajstić information content (AvgIpc) is 3.01. The molecule has 0 fully saturated rings. The predicted molar refractivity (Wildman–Crippen MR) is 86.8 cm³/mol. The van der Waals surface area contributed by atoms with Crippen LogP contribution in [0.2, 0.25) is 0 Å². The molecule has 22 heavy (non-hydrogen) atoms. The molecule has 4 heteroatoms. The first-order chi connectivity index (χ1) is 10.4. The lowest BCUT2D eigenvalue weighted by Gasteiger charge is -2.30. The van der Waals surface area contributed by atoms with Crippen molar-refractivity contribution in [2.45, 2.75) is 38.8 Å². The summed E-state index contributed by atoms with van der Waals surface area (Å²) in [6.45, 7) is 8.20. The first-order valence-electron chi connectivity index (χ1n) is 7.89. The Kier molecular flexibility index (Phi) is 3.96. The molecule has 0 bridgehead atoms. The minimum absolute atomic E-state index is 0.113. The molecule has 1 atom stereocenters. The van der Waals surface area contributed by atoms with Gasteiger partial charge >= 0.3 is 6.09 Å². The molecule has 1 N–H and O–H groups in total. The zero-order chi connectivity index (χ0) is 15.7.